The monoisotopic (exact) mass is 893 g/mol. The number of hydrogen-bond acceptors (Lipinski definition) is 2. The van der Waals surface area contributed by atoms with Crippen molar-refractivity contribution in [3.63, 3.8) is 0 Å². The molecule has 6 rings (SSSR count). The van der Waals surface area contributed by atoms with Gasteiger partial charge >= 0.3 is 0 Å². The van der Waals surface area contributed by atoms with Gasteiger partial charge in [-0.05, 0) is 143 Å². The van der Waals surface area contributed by atoms with E-state index in [0.29, 0.717) is 6.10 Å². The summed E-state index contributed by atoms with van der Waals surface area (Å²) in [7, 11) is 0. The molecule has 2 aliphatic heterocycles. The quantitative estimate of drug-likeness (QED) is 0.247. The van der Waals surface area contributed by atoms with Gasteiger partial charge in [-0.2, -0.15) is 0 Å². The van der Waals surface area contributed by atoms with Gasteiger partial charge in [0.15, 0.2) is 0 Å². The molecule has 0 amide bonds. The van der Waals surface area contributed by atoms with Gasteiger partial charge in [-0.15, -0.1) is 0 Å². The second kappa shape index (κ2) is 57.3. The van der Waals surface area contributed by atoms with Gasteiger partial charge in [0.25, 0.3) is 0 Å². The molecule has 0 aromatic carbocycles. The minimum atomic E-state index is 0.565. The third kappa shape index (κ3) is 46.1. The molecule has 1 saturated carbocycles. The smallest absolute Gasteiger partial charge is 0.0598 e. The molecule has 2 saturated heterocycles. The fourth-order valence-corrected chi connectivity index (χ4v) is 8.04. The topological polar surface area (TPSA) is 18.5 Å². The third-order valence-electron chi connectivity index (χ3n) is 12.4. The van der Waals surface area contributed by atoms with Crippen molar-refractivity contribution in [2.24, 2.45) is 59.2 Å². The second-order valence-corrected chi connectivity index (χ2v) is 18.7. The number of allylic oxidation sites excluding steroid dienone is 6. The summed E-state index contributed by atoms with van der Waals surface area (Å²) in [5.74, 6) is 8.76. The first-order valence-corrected chi connectivity index (χ1v) is 28.5. The molecule has 0 aromatic heterocycles. The van der Waals surface area contributed by atoms with Crippen molar-refractivity contribution in [1.29, 1.82) is 0 Å². The van der Waals surface area contributed by atoms with Crippen LogP contribution in [0.1, 0.15) is 275 Å². The van der Waals surface area contributed by atoms with E-state index >= 15 is 0 Å². The Kier molecular flexibility index (Phi) is 67.0. The molecule has 0 radical (unpaired) electrons. The Morgan fingerprint density at radius 1 is 0.429 bits per heavy atom. The summed E-state index contributed by atoms with van der Waals surface area (Å²) in [5.41, 5.74) is 1.68. The fraction of sp³-hybridized carbons (Fsp3) is 0.902. The molecular formula is C61H128O2. The van der Waals surface area contributed by atoms with Gasteiger partial charge in [0.05, 0.1) is 6.10 Å². The lowest BCUT2D eigenvalue weighted by molar-refractivity contribution is 0.0758. The summed E-state index contributed by atoms with van der Waals surface area (Å²) in [4.78, 5) is 0. The molecule has 0 aromatic rings. The van der Waals surface area contributed by atoms with Gasteiger partial charge < -0.3 is 9.47 Å². The predicted molar refractivity (Wildman–Crippen MR) is 296 cm³/mol. The van der Waals surface area contributed by atoms with Crippen molar-refractivity contribution in [2.75, 3.05) is 19.8 Å². The highest BCUT2D eigenvalue weighted by atomic mass is 16.5. The lowest BCUT2D eigenvalue weighted by Crippen LogP contribution is -2.12. The van der Waals surface area contributed by atoms with E-state index in [1.165, 1.54) is 109 Å². The maximum absolute atomic E-state index is 5.41. The van der Waals surface area contributed by atoms with E-state index < -0.39 is 0 Å². The van der Waals surface area contributed by atoms with Crippen molar-refractivity contribution >= 4 is 0 Å². The molecule has 0 bridgehead atoms. The van der Waals surface area contributed by atoms with Crippen LogP contribution in [0.3, 0.4) is 0 Å². The van der Waals surface area contributed by atoms with Crippen LogP contribution in [0.2, 0.25) is 0 Å². The van der Waals surface area contributed by atoms with Gasteiger partial charge in [-0.3, -0.25) is 0 Å². The minimum absolute atomic E-state index is 0.565. The van der Waals surface area contributed by atoms with Crippen LogP contribution in [-0.4, -0.2) is 25.9 Å². The minimum Gasteiger partial charge on any atom is -0.381 e. The molecule has 2 nitrogen and oxygen atoms in total. The maximum Gasteiger partial charge on any atom is 0.0598 e. The van der Waals surface area contributed by atoms with Gasteiger partial charge in [0.2, 0.25) is 0 Å². The van der Waals surface area contributed by atoms with Crippen molar-refractivity contribution in [3.05, 3.63) is 36.0 Å². The lowest BCUT2D eigenvalue weighted by Gasteiger charge is -2.20. The average Bonchev–Trinajstić information content (AvgIpc) is 4.19. The summed E-state index contributed by atoms with van der Waals surface area (Å²) in [6.07, 6.45) is 35.8. The fourth-order valence-electron chi connectivity index (χ4n) is 8.04. The van der Waals surface area contributed by atoms with Crippen molar-refractivity contribution in [3.8, 4) is 0 Å². The summed E-state index contributed by atoms with van der Waals surface area (Å²) >= 11 is 0. The lowest BCUT2D eigenvalue weighted by atomic mass is 9.85. The molecule has 0 N–H and O–H groups in total. The normalized spacial score (nSPS) is 21.7. The molecule has 2 heteroatoms. The van der Waals surface area contributed by atoms with E-state index in [1.54, 1.807) is 5.57 Å². The van der Waals surface area contributed by atoms with Crippen molar-refractivity contribution < 1.29 is 9.47 Å². The summed E-state index contributed by atoms with van der Waals surface area (Å²) < 4.78 is 10.6. The Morgan fingerprint density at radius 3 is 1.22 bits per heavy atom. The standard InChI is InChI=1S/3C9H16.C8H16.2C7H14O.6C2H6/c3*1-8(2)9-6-4-3-5-7-9;1-7(2)8-5-3-4-6-8;1-6(2)7-3-4-8-5-7;1-6(2)7-4-3-5-8-7;6*1-2/h6,8H,3-5,7H2,1-2H3;4,6,8-9H,3,5,7H2,1-2H3;3-4,8-9H,5-7H2,1-2H3;7-8H,3-6H2,1-2H3;2*6-7H,3-5H2,1-2H3;6*1-2H3. The molecule has 63 heavy (non-hydrogen) atoms. The highest BCUT2D eigenvalue weighted by Crippen LogP contribution is 2.30. The molecule has 384 valence electrons. The van der Waals surface area contributed by atoms with Gasteiger partial charge in [-0.1, -0.05) is 228 Å². The zero-order valence-electron chi connectivity index (χ0n) is 48.7. The average molecular weight is 894 g/mol. The SMILES string of the molecule is CC.CC.CC.CC.CC.CC.CC(C)C1=CCCCC1.CC(C)C1C=CCCC1.CC(C)C1CC=CCC1.CC(C)C1CCCC1.CC(C)C1CCCO1.CC(C)C1CCOC1. The summed E-state index contributed by atoms with van der Waals surface area (Å²) in [6.45, 7) is 54.5. The molecule has 4 atom stereocenters. The molecule has 2 heterocycles. The zero-order chi connectivity index (χ0) is 50.0. The van der Waals surface area contributed by atoms with Crippen LogP contribution in [-0.2, 0) is 9.47 Å². The van der Waals surface area contributed by atoms with Crippen LogP contribution in [0.4, 0.5) is 0 Å². The maximum atomic E-state index is 5.41. The van der Waals surface area contributed by atoms with Gasteiger partial charge in [0, 0.05) is 19.8 Å². The Bertz CT molecular complexity index is 825. The van der Waals surface area contributed by atoms with Crippen molar-refractivity contribution in [2.45, 2.75) is 281 Å². The zero-order valence-corrected chi connectivity index (χ0v) is 48.7. The first-order chi connectivity index (χ1) is 30.3. The van der Waals surface area contributed by atoms with E-state index in [9.17, 15) is 0 Å². The molecule has 6 aliphatic rings. The highest BCUT2D eigenvalue weighted by molar-refractivity contribution is 5.07. The van der Waals surface area contributed by atoms with Crippen LogP contribution in [0, 0.1) is 59.2 Å². The summed E-state index contributed by atoms with van der Waals surface area (Å²) in [6, 6.07) is 0. The Morgan fingerprint density at radius 2 is 0.984 bits per heavy atom. The number of ether oxygens (including phenoxy) is 2. The molecule has 3 fully saturated rings. The second-order valence-electron chi connectivity index (χ2n) is 18.7. The van der Waals surface area contributed by atoms with E-state index in [1.807, 2.05) is 83.1 Å². The third-order valence-corrected chi connectivity index (χ3v) is 12.4. The first-order valence-electron chi connectivity index (χ1n) is 28.5. The first kappa shape index (κ1) is 73.7. The Balaban J connectivity index is -0.000000147. The largest absolute Gasteiger partial charge is 0.381 e. The number of hydrogen-bond donors (Lipinski definition) is 0. The van der Waals surface area contributed by atoms with Crippen LogP contribution in [0.15, 0.2) is 36.0 Å². The van der Waals surface area contributed by atoms with Crippen LogP contribution >= 0.6 is 0 Å². The molecular weight excluding hydrogens is 765 g/mol. The van der Waals surface area contributed by atoms with Crippen LogP contribution < -0.4 is 0 Å². The highest BCUT2D eigenvalue weighted by Gasteiger charge is 2.19. The van der Waals surface area contributed by atoms with E-state index in [4.69, 9.17) is 9.47 Å². The summed E-state index contributed by atoms with van der Waals surface area (Å²) in [5, 5.41) is 0. The number of rotatable bonds is 6. The van der Waals surface area contributed by atoms with Gasteiger partial charge in [-0.25, -0.2) is 0 Å². The molecule has 4 unspecified atom stereocenters. The molecule has 4 aliphatic carbocycles. The van der Waals surface area contributed by atoms with Crippen LogP contribution in [0.25, 0.3) is 0 Å². The van der Waals surface area contributed by atoms with Crippen LogP contribution in [0.5, 0.6) is 0 Å². The Labute approximate surface area is 404 Å². The van der Waals surface area contributed by atoms with Crippen molar-refractivity contribution in [1.82, 2.24) is 0 Å². The van der Waals surface area contributed by atoms with E-state index in [-0.39, 0.29) is 0 Å². The predicted octanol–water partition coefficient (Wildman–Crippen LogP) is 21.6. The molecule has 0 spiro atoms. The Hall–Kier alpha value is -0.860. The van der Waals surface area contributed by atoms with Gasteiger partial charge in [0.1, 0.15) is 0 Å². The van der Waals surface area contributed by atoms with E-state index in [0.717, 1.165) is 79.0 Å². The van der Waals surface area contributed by atoms with E-state index in [2.05, 4.69) is 113 Å².